The molecule has 0 N–H and O–H groups in total. The molecule has 0 aliphatic rings. The third-order valence-electron chi connectivity index (χ3n) is 14.5. The Morgan fingerprint density at radius 3 is 1.27 bits per heavy atom. The highest BCUT2D eigenvalue weighted by molar-refractivity contribution is 7.20. The van der Waals surface area contributed by atoms with E-state index < -0.39 is 8.07 Å². The molecule has 312 valence electrons. The molecule has 0 radical (unpaired) electrons. The van der Waals surface area contributed by atoms with Crippen molar-refractivity contribution in [3.05, 3.63) is 255 Å². The smallest absolute Gasteiger partial charge is 0.179 e. The van der Waals surface area contributed by atoms with Crippen LogP contribution in [0.5, 0.6) is 0 Å². The van der Waals surface area contributed by atoms with Crippen LogP contribution in [0.4, 0.5) is 0 Å². The van der Waals surface area contributed by atoms with Crippen LogP contribution in [0.15, 0.2) is 255 Å². The van der Waals surface area contributed by atoms with Crippen LogP contribution in [0.1, 0.15) is 0 Å². The molecular formula is C64H42N2Si. The standard InChI is InChI=1S/C64H42N2Si/c1-3-21-51(22-4-1)67(52-23-5-2-6-24-52,54-39-47-34-32-43-16-13-17-44-33-35-48(40-54)64(47)63(43)44)53-25-15-20-50(42-53)66-61-31-12-9-28-57(61)58-41-46(36-37-62(58)66)45-18-14-19-49(38-45)65-59-29-10-7-26-55(59)56-27-8-11-30-60(56)65/h1-42H. The van der Waals surface area contributed by atoms with Gasteiger partial charge in [-0.15, -0.1) is 0 Å². The van der Waals surface area contributed by atoms with E-state index >= 15 is 0 Å². The fourth-order valence-corrected chi connectivity index (χ4v) is 16.5. The van der Waals surface area contributed by atoms with Gasteiger partial charge in [0.05, 0.1) is 22.1 Å². The Balaban J connectivity index is 0.969. The molecule has 0 spiro atoms. The van der Waals surface area contributed by atoms with Gasteiger partial charge in [0, 0.05) is 32.9 Å². The first kappa shape index (κ1) is 37.8. The van der Waals surface area contributed by atoms with Crippen molar-refractivity contribution in [3.63, 3.8) is 0 Å². The quantitative estimate of drug-likeness (QED) is 0.0858. The first-order chi connectivity index (χ1) is 33.2. The van der Waals surface area contributed by atoms with Crippen molar-refractivity contribution in [2.45, 2.75) is 0 Å². The summed E-state index contributed by atoms with van der Waals surface area (Å²) in [4.78, 5) is 0. The SMILES string of the molecule is c1ccc([Si](c2ccccc2)(c2cccc(-n3c4ccccc4c4cc(-c5cccc(-n6c7ccccc7c7ccccc76)c5)ccc43)c2)c2cc3ccc4cccc5ccc(c2)c3c45)cc1. The molecular weight excluding hydrogens is 825 g/mol. The minimum absolute atomic E-state index is 1.16. The molecule has 0 aliphatic heterocycles. The summed E-state index contributed by atoms with van der Waals surface area (Å²) in [6, 6.07) is 95.6. The summed E-state index contributed by atoms with van der Waals surface area (Å²) in [6.07, 6.45) is 0. The van der Waals surface area contributed by atoms with E-state index in [1.807, 2.05) is 0 Å². The summed E-state index contributed by atoms with van der Waals surface area (Å²) in [5.41, 5.74) is 9.51. The first-order valence-corrected chi connectivity index (χ1v) is 25.2. The molecule has 12 aromatic carbocycles. The van der Waals surface area contributed by atoms with Crippen LogP contribution in [0.2, 0.25) is 0 Å². The predicted molar refractivity (Wildman–Crippen MR) is 288 cm³/mol. The van der Waals surface area contributed by atoms with Gasteiger partial charge in [-0.2, -0.15) is 0 Å². The van der Waals surface area contributed by atoms with Gasteiger partial charge in [0.1, 0.15) is 0 Å². The summed E-state index contributed by atoms with van der Waals surface area (Å²) in [5.74, 6) is 0. The zero-order chi connectivity index (χ0) is 44.1. The molecule has 0 fully saturated rings. The maximum absolute atomic E-state index is 2.96. The molecule has 2 heterocycles. The van der Waals surface area contributed by atoms with Gasteiger partial charge in [-0.1, -0.05) is 200 Å². The Morgan fingerprint density at radius 1 is 0.239 bits per heavy atom. The summed E-state index contributed by atoms with van der Waals surface area (Å²) in [6.45, 7) is 0. The minimum Gasteiger partial charge on any atom is -0.309 e. The van der Waals surface area contributed by atoms with Crippen LogP contribution in [0.3, 0.4) is 0 Å². The fourth-order valence-electron chi connectivity index (χ4n) is 11.7. The van der Waals surface area contributed by atoms with Gasteiger partial charge >= 0.3 is 0 Å². The van der Waals surface area contributed by atoms with Crippen LogP contribution >= 0.6 is 0 Å². The van der Waals surface area contributed by atoms with Gasteiger partial charge in [0.25, 0.3) is 0 Å². The maximum Gasteiger partial charge on any atom is 0.179 e. The van der Waals surface area contributed by atoms with Crippen LogP contribution in [-0.4, -0.2) is 17.2 Å². The summed E-state index contributed by atoms with van der Waals surface area (Å²) >= 11 is 0. The average molecular weight is 867 g/mol. The van der Waals surface area contributed by atoms with Crippen LogP contribution in [0, 0.1) is 0 Å². The maximum atomic E-state index is 2.52. The van der Waals surface area contributed by atoms with E-state index in [1.54, 1.807) is 0 Å². The Bertz CT molecular complexity index is 4060. The largest absolute Gasteiger partial charge is 0.309 e. The van der Waals surface area contributed by atoms with Gasteiger partial charge in [0.2, 0.25) is 0 Å². The normalized spacial score (nSPS) is 12.2. The van der Waals surface area contributed by atoms with Gasteiger partial charge < -0.3 is 9.13 Å². The second kappa shape index (κ2) is 14.8. The summed E-state index contributed by atoms with van der Waals surface area (Å²) in [5, 5.41) is 18.3. The van der Waals surface area contributed by atoms with Crippen LogP contribution < -0.4 is 20.7 Å². The minimum atomic E-state index is -2.96. The second-order valence-electron chi connectivity index (χ2n) is 18.0. The van der Waals surface area contributed by atoms with E-state index in [2.05, 4.69) is 264 Å². The molecule has 67 heavy (non-hydrogen) atoms. The number of hydrogen-bond acceptors (Lipinski definition) is 0. The third kappa shape index (κ3) is 5.62. The van der Waals surface area contributed by atoms with E-state index in [9.17, 15) is 0 Å². The summed E-state index contributed by atoms with van der Waals surface area (Å²) in [7, 11) is -2.96. The molecule has 0 amide bonds. The van der Waals surface area contributed by atoms with Crippen molar-refractivity contribution in [2.24, 2.45) is 0 Å². The Morgan fingerprint density at radius 2 is 0.672 bits per heavy atom. The zero-order valence-corrected chi connectivity index (χ0v) is 37.6. The van der Waals surface area contributed by atoms with Crippen molar-refractivity contribution in [3.8, 4) is 22.5 Å². The van der Waals surface area contributed by atoms with Crippen molar-refractivity contribution in [1.82, 2.24) is 9.13 Å². The lowest BCUT2D eigenvalue weighted by Gasteiger charge is -2.35. The van der Waals surface area contributed by atoms with E-state index in [0.717, 1.165) is 11.4 Å². The van der Waals surface area contributed by atoms with E-state index in [-0.39, 0.29) is 0 Å². The lowest BCUT2D eigenvalue weighted by atomic mass is 9.94. The van der Waals surface area contributed by atoms with Gasteiger partial charge in [-0.05, 0) is 119 Å². The highest BCUT2D eigenvalue weighted by Crippen LogP contribution is 2.38. The predicted octanol–water partition coefficient (Wildman–Crippen LogP) is 13.8. The number of benzene rings is 12. The number of aromatic nitrogens is 2. The monoisotopic (exact) mass is 866 g/mol. The number of rotatable bonds is 7. The van der Waals surface area contributed by atoms with Gasteiger partial charge in [0.15, 0.2) is 8.07 Å². The third-order valence-corrected chi connectivity index (χ3v) is 19.3. The van der Waals surface area contributed by atoms with E-state index in [4.69, 9.17) is 0 Å². The Labute approximate surface area is 389 Å². The Hall–Kier alpha value is -8.50. The molecule has 0 unspecified atom stereocenters. The van der Waals surface area contributed by atoms with Crippen molar-refractivity contribution < 1.29 is 0 Å². The molecule has 0 saturated heterocycles. The second-order valence-corrected chi connectivity index (χ2v) is 21.9. The number of hydrogen-bond donors (Lipinski definition) is 0. The molecule has 0 aliphatic carbocycles. The Kier molecular flexibility index (Phi) is 8.34. The molecule has 14 aromatic rings. The van der Waals surface area contributed by atoms with Crippen molar-refractivity contribution in [1.29, 1.82) is 0 Å². The fraction of sp³-hybridized carbons (Fsp3) is 0. The van der Waals surface area contributed by atoms with E-state index in [1.165, 1.54) is 108 Å². The molecule has 14 rings (SSSR count). The van der Waals surface area contributed by atoms with Crippen molar-refractivity contribution in [2.75, 3.05) is 0 Å². The number of para-hydroxylation sites is 3. The highest BCUT2D eigenvalue weighted by atomic mass is 28.3. The van der Waals surface area contributed by atoms with Gasteiger partial charge in [-0.3, -0.25) is 0 Å². The highest BCUT2D eigenvalue weighted by Gasteiger charge is 2.42. The molecule has 3 heteroatoms. The van der Waals surface area contributed by atoms with Gasteiger partial charge in [-0.25, -0.2) is 0 Å². The first-order valence-electron chi connectivity index (χ1n) is 23.2. The van der Waals surface area contributed by atoms with Crippen LogP contribution in [-0.2, 0) is 0 Å². The molecule has 2 nitrogen and oxygen atoms in total. The molecule has 2 aromatic heterocycles. The topological polar surface area (TPSA) is 9.86 Å². The molecule has 0 atom stereocenters. The average Bonchev–Trinajstić information content (AvgIpc) is 3.92. The lowest BCUT2D eigenvalue weighted by molar-refractivity contribution is 1.18. The van der Waals surface area contributed by atoms with Crippen molar-refractivity contribution >= 4 is 105 Å². The number of nitrogens with zero attached hydrogens (tertiary/aromatic N) is 2. The van der Waals surface area contributed by atoms with Crippen LogP contribution in [0.25, 0.3) is 98.4 Å². The number of fused-ring (bicyclic) bond motifs is 6. The lowest BCUT2D eigenvalue weighted by Crippen LogP contribution is -2.74. The molecule has 0 saturated carbocycles. The van der Waals surface area contributed by atoms with E-state index in [0.29, 0.717) is 0 Å². The molecule has 0 bridgehead atoms. The summed E-state index contributed by atoms with van der Waals surface area (Å²) < 4.78 is 4.89. The zero-order valence-electron chi connectivity index (χ0n) is 36.6.